The number of primary amides is 1. The summed E-state index contributed by atoms with van der Waals surface area (Å²) in [4.78, 5) is 27.9. The molecule has 0 bridgehead atoms. The Morgan fingerprint density at radius 1 is 1.08 bits per heavy atom. The van der Waals surface area contributed by atoms with Crippen molar-refractivity contribution in [2.45, 2.75) is 25.7 Å². The largest absolute Gasteiger partial charge is 0.369 e. The number of nitrogens with one attached hydrogen (secondary N) is 1. The van der Waals surface area contributed by atoms with E-state index in [0.29, 0.717) is 13.0 Å². The van der Waals surface area contributed by atoms with Gasteiger partial charge in [0.1, 0.15) is 0 Å². The van der Waals surface area contributed by atoms with Crippen LogP contribution in [-0.4, -0.2) is 23.3 Å². The molecule has 2 amide bonds. The van der Waals surface area contributed by atoms with Gasteiger partial charge in [-0.2, -0.15) is 0 Å². The van der Waals surface area contributed by atoms with Crippen LogP contribution in [-0.2, 0) is 22.4 Å². The number of carbonyl (C=O) groups excluding carboxylic acids is 2. The van der Waals surface area contributed by atoms with Gasteiger partial charge in [-0.05, 0) is 37.0 Å². The van der Waals surface area contributed by atoms with Gasteiger partial charge in [-0.3, -0.25) is 14.6 Å². The first-order chi connectivity index (χ1) is 11.6. The van der Waals surface area contributed by atoms with Gasteiger partial charge in [0.25, 0.3) is 0 Å². The Bertz CT molecular complexity index is 644. The zero-order valence-electron chi connectivity index (χ0n) is 13.7. The first-order valence-electron chi connectivity index (χ1n) is 8.15. The van der Waals surface area contributed by atoms with Gasteiger partial charge in [-0.1, -0.05) is 36.4 Å². The van der Waals surface area contributed by atoms with Crippen molar-refractivity contribution in [2.24, 2.45) is 11.7 Å². The number of carbonyl (C=O) groups is 2. The molecule has 1 aromatic carbocycles. The average molecular weight is 325 g/mol. The Morgan fingerprint density at radius 3 is 2.50 bits per heavy atom. The summed E-state index contributed by atoms with van der Waals surface area (Å²) in [5.74, 6) is -1.07. The molecular weight excluding hydrogens is 302 g/mol. The maximum Gasteiger partial charge on any atom is 0.221 e. The molecule has 24 heavy (non-hydrogen) atoms. The van der Waals surface area contributed by atoms with Crippen molar-refractivity contribution >= 4 is 11.8 Å². The van der Waals surface area contributed by atoms with Gasteiger partial charge >= 0.3 is 0 Å². The van der Waals surface area contributed by atoms with Crippen LogP contribution in [0.4, 0.5) is 0 Å². The van der Waals surface area contributed by atoms with Gasteiger partial charge in [0.2, 0.25) is 11.8 Å². The van der Waals surface area contributed by atoms with E-state index in [2.05, 4.69) is 10.3 Å². The summed E-state index contributed by atoms with van der Waals surface area (Å²) in [7, 11) is 0. The van der Waals surface area contributed by atoms with Gasteiger partial charge in [-0.15, -0.1) is 0 Å². The van der Waals surface area contributed by atoms with Crippen molar-refractivity contribution in [3.63, 3.8) is 0 Å². The highest BCUT2D eigenvalue weighted by atomic mass is 16.2. The van der Waals surface area contributed by atoms with Gasteiger partial charge in [0, 0.05) is 24.9 Å². The number of benzene rings is 1. The topological polar surface area (TPSA) is 85.1 Å². The summed E-state index contributed by atoms with van der Waals surface area (Å²) >= 11 is 0. The molecule has 0 aliphatic carbocycles. The summed E-state index contributed by atoms with van der Waals surface area (Å²) in [5.41, 5.74) is 7.45. The van der Waals surface area contributed by atoms with E-state index in [-0.39, 0.29) is 12.3 Å². The van der Waals surface area contributed by atoms with Crippen molar-refractivity contribution in [1.29, 1.82) is 0 Å². The second-order valence-electron chi connectivity index (χ2n) is 5.77. The van der Waals surface area contributed by atoms with Crippen molar-refractivity contribution < 1.29 is 9.59 Å². The monoisotopic (exact) mass is 325 g/mol. The lowest BCUT2D eigenvalue weighted by molar-refractivity contribution is -0.128. The lowest BCUT2D eigenvalue weighted by Gasteiger charge is -2.13. The van der Waals surface area contributed by atoms with Gasteiger partial charge in [-0.25, -0.2) is 0 Å². The SMILES string of the molecule is NC(=O)C(CC(=O)NCCCc1ccccn1)Cc1ccccc1. The zero-order valence-corrected chi connectivity index (χ0v) is 13.7. The van der Waals surface area contributed by atoms with Crippen molar-refractivity contribution in [2.75, 3.05) is 6.54 Å². The normalized spacial score (nSPS) is 11.7. The quantitative estimate of drug-likeness (QED) is 0.690. The maximum absolute atomic E-state index is 12.0. The molecule has 1 atom stereocenters. The second-order valence-corrected chi connectivity index (χ2v) is 5.77. The highest BCUT2D eigenvalue weighted by Crippen LogP contribution is 2.12. The van der Waals surface area contributed by atoms with Crippen LogP contribution < -0.4 is 11.1 Å². The third-order valence-corrected chi connectivity index (χ3v) is 3.82. The summed E-state index contributed by atoms with van der Waals surface area (Å²) in [6, 6.07) is 15.4. The smallest absolute Gasteiger partial charge is 0.221 e. The molecule has 5 heteroatoms. The number of nitrogens with two attached hydrogens (primary N) is 1. The summed E-state index contributed by atoms with van der Waals surface area (Å²) < 4.78 is 0. The van der Waals surface area contributed by atoms with Crippen molar-refractivity contribution in [1.82, 2.24) is 10.3 Å². The Hall–Kier alpha value is -2.69. The molecule has 0 aliphatic rings. The predicted molar refractivity (Wildman–Crippen MR) is 93.0 cm³/mol. The number of nitrogens with zero attached hydrogens (tertiary/aromatic N) is 1. The molecule has 3 N–H and O–H groups in total. The Balaban J connectivity index is 1.73. The zero-order chi connectivity index (χ0) is 17.2. The van der Waals surface area contributed by atoms with Crippen LogP contribution in [0, 0.1) is 5.92 Å². The number of hydrogen-bond acceptors (Lipinski definition) is 3. The molecule has 2 aromatic rings. The van der Waals surface area contributed by atoms with Crippen molar-refractivity contribution in [3.05, 3.63) is 66.0 Å². The number of aromatic nitrogens is 1. The summed E-state index contributed by atoms with van der Waals surface area (Å²) in [6.45, 7) is 0.562. The van der Waals surface area contributed by atoms with Crippen LogP contribution in [0.1, 0.15) is 24.1 Å². The minimum atomic E-state index is -0.483. The van der Waals surface area contributed by atoms with Crippen LogP contribution in [0.3, 0.4) is 0 Å². The fourth-order valence-corrected chi connectivity index (χ4v) is 2.51. The van der Waals surface area contributed by atoms with Crippen LogP contribution in [0.2, 0.25) is 0 Å². The Morgan fingerprint density at radius 2 is 1.83 bits per heavy atom. The van der Waals surface area contributed by atoms with E-state index in [9.17, 15) is 9.59 Å². The molecule has 2 rings (SSSR count). The van der Waals surface area contributed by atoms with Crippen molar-refractivity contribution in [3.8, 4) is 0 Å². The molecule has 1 aromatic heterocycles. The van der Waals surface area contributed by atoms with E-state index in [1.165, 1.54) is 0 Å². The number of pyridine rings is 1. The summed E-state index contributed by atoms with van der Waals surface area (Å²) in [6.07, 6.45) is 3.98. The van der Waals surface area contributed by atoms with Crippen LogP contribution >= 0.6 is 0 Å². The highest BCUT2D eigenvalue weighted by Gasteiger charge is 2.19. The molecule has 126 valence electrons. The van der Waals surface area contributed by atoms with Gasteiger partial charge in [0.15, 0.2) is 0 Å². The lowest BCUT2D eigenvalue weighted by Crippen LogP contribution is -2.33. The second kappa shape index (κ2) is 9.45. The van der Waals surface area contributed by atoms with Crippen LogP contribution in [0.5, 0.6) is 0 Å². The number of amides is 2. The molecule has 0 saturated heterocycles. The van der Waals surface area contributed by atoms with Gasteiger partial charge in [0.05, 0.1) is 5.92 Å². The van der Waals surface area contributed by atoms with E-state index in [1.807, 2.05) is 48.5 Å². The third-order valence-electron chi connectivity index (χ3n) is 3.82. The minimum absolute atomic E-state index is 0.119. The van der Waals surface area contributed by atoms with E-state index < -0.39 is 11.8 Å². The van der Waals surface area contributed by atoms with E-state index in [1.54, 1.807) is 6.20 Å². The minimum Gasteiger partial charge on any atom is -0.369 e. The van der Waals surface area contributed by atoms with Crippen LogP contribution in [0.25, 0.3) is 0 Å². The fraction of sp³-hybridized carbons (Fsp3) is 0.316. The number of aryl methyl sites for hydroxylation is 1. The molecular formula is C19H23N3O2. The average Bonchev–Trinajstić information content (AvgIpc) is 2.60. The predicted octanol–water partition coefficient (Wildman–Crippen LogP) is 1.86. The molecule has 1 unspecified atom stereocenters. The molecule has 0 spiro atoms. The maximum atomic E-state index is 12.0. The first-order valence-corrected chi connectivity index (χ1v) is 8.15. The molecule has 5 nitrogen and oxygen atoms in total. The lowest BCUT2D eigenvalue weighted by atomic mass is 9.95. The van der Waals surface area contributed by atoms with E-state index in [0.717, 1.165) is 24.1 Å². The van der Waals surface area contributed by atoms with Gasteiger partial charge < -0.3 is 11.1 Å². The Kier molecular flexibility index (Phi) is 6.95. The standard InChI is InChI=1S/C19H23N3O2/c20-19(24)16(13-15-7-2-1-3-8-15)14-18(23)22-12-6-10-17-9-4-5-11-21-17/h1-5,7-9,11,16H,6,10,12-14H2,(H2,20,24)(H,22,23). The molecule has 0 radical (unpaired) electrons. The molecule has 0 saturated carbocycles. The van der Waals surface area contributed by atoms with E-state index in [4.69, 9.17) is 5.73 Å². The fourth-order valence-electron chi connectivity index (χ4n) is 2.51. The third kappa shape index (κ3) is 6.20. The molecule has 0 fully saturated rings. The molecule has 1 heterocycles. The number of rotatable bonds is 9. The van der Waals surface area contributed by atoms with Crippen LogP contribution in [0.15, 0.2) is 54.7 Å². The van der Waals surface area contributed by atoms with E-state index >= 15 is 0 Å². The first kappa shape index (κ1) is 17.7. The number of hydrogen-bond donors (Lipinski definition) is 2. The Labute approximate surface area is 142 Å². The molecule has 0 aliphatic heterocycles. The summed E-state index contributed by atoms with van der Waals surface area (Å²) in [5, 5.41) is 2.85. The highest BCUT2D eigenvalue weighted by molar-refractivity contribution is 5.85.